The highest BCUT2D eigenvalue weighted by molar-refractivity contribution is 7.98. The lowest BCUT2D eigenvalue weighted by molar-refractivity contribution is 0.0953. The molecule has 3 N–H and O–H groups in total. The van der Waals surface area contributed by atoms with Gasteiger partial charge in [-0.05, 0) is 37.0 Å². The average Bonchev–Trinajstić information content (AvgIpc) is 2.32. The molecule has 6 heteroatoms. The van der Waals surface area contributed by atoms with E-state index < -0.39 is 0 Å². The summed E-state index contributed by atoms with van der Waals surface area (Å²) in [5, 5.41) is 3.08. The van der Waals surface area contributed by atoms with Gasteiger partial charge in [-0.1, -0.05) is 18.0 Å². The number of nitrogens with two attached hydrogens (primary N) is 1. The number of rotatable bonds is 7. The molecule has 0 atom stereocenters. The van der Waals surface area contributed by atoms with Crippen LogP contribution >= 0.6 is 23.4 Å². The number of carbonyl (C=O) groups is 1. The lowest BCUT2D eigenvalue weighted by atomic mass is 10.2. The van der Waals surface area contributed by atoms with Crippen molar-refractivity contribution in [2.45, 2.75) is 19.3 Å². The second-order valence-corrected chi connectivity index (χ2v) is 5.29. The van der Waals surface area contributed by atoms with Gasteiger partial charge in [-0.3, -0.25) is 4.79 Å². The van der Waals surface area contributed by atoms with E-state index in [9.17, 15) is 4.79 Å². The molecule has 1 heterocycles. The van der Waals surface area contributed by atoms with Crippen molar-refractivity contribution in [3.63, 3.8) is 0 Å². The number of aromatic nitrogens is 1. The smallest absolute Gasteiger partial charge is 0.251 e. The molecule has 0 spiro atoms. The van der Waals surface area contributed by atoms with Gasteiger partial charge in [0.1, 0.15) is 11.0 Å². The first kappa shape index (κ1) is 15.1. The van der Waals surface area contributed by atoms with E-state index in [1.807, 2.05) is 11.8 Å². The summed E-state index contributed by atoms with van der Waals surface area (Å²) in [6.45, 7) is 0.674. The first-order chi connectivity index (χ1) is 8.63. The third kappa shape index (κ3) is 5.60. The Labute approximate surface area is 117 Å². The van der Waals surface area contributed by atoms with Crippen LogP contribution in [-0.4, -0.2) is 29.4 Å². The maximum atomic E-state index is 11.8. The summed E-state index contributed by atoms with van der Waals surface area (Å²) in [7, 11) is 0. The number of thioether (sulfide) groups is 1. The van der Waals surface area contributed by atoms with Crippen molar-refractivity contribution in [3.05, 3.63) is 22.8 Å². The zero-order valence-corrected chi connectivity index (χ0v) is 12.0. The first-order valence-electron chi connectivity index (χ1n) is 5.83. The van der Waals surface area contributed by atoms with Crippen molar-refractivity contribution in [2.24, 2.45) is 0 Å². The molecule has 0 saturated carbocycles. The third-order valence-electron chi connectivity index (χ3n) is 2.39. The summed E-state index contributed by atoms with van der Waals surface area (Å²) >= 11 is 7.58. The van der Waals surface area contributed by atoms with E-state index in [0.29, 0.717) is 12.1 Å². The highest BCUT2D eigenvalue weighted by Crippen LogP contribution is 2.12. The molecule has 0 aliphatic rings. The van der Waals surface area contributed by atoms with E-state index in [-0.39, 0.29) is 16.9 Å². The number of pyridine rings is 1. The van der Waals surface area contributed by atoms with Crippen LogP contribution < -0.4 is 11.1 Å². The van der Waals surface area contributed by atoms with Crippen molar-refractivity contribution in [1.29, 1.82) is 0 Å². The molecule has 1 rings (SSSR count). The van der Waals surface area contributed by atoms with Gasteiger partial charge in [0.25, 0.3) is 5.91 Å². The van der Waals surface area contributed by atoms with Crippen LogP contribution in [0.5, 0.6) is 0 Å². The number of amides is 1. The molecular weight excluding hydrogens is 270 g/mol. The number of hydrogen-bond donors (Lipinski definition) is 2. The predicted molar refractivity (Wildman–Crippen MR) is 78.2 cm³/mol. The van der Waals surface area contributed by atoms with Crippen molar-refractivity contribution >= 4 is 35.1 Å². The van der Waals surface area contributed by atoms with Crippen LogP contribution in [0.2, 0.25) is 5.15 Å². The van der Waals surface area contributed by atoms with Crippen LogP contribution in [0.1, 0.15) is 29.6 Å². The van der Waals surface area contributed by atoms with Gasteiger partial charge in [0, 0.05) is 12.1 Å². The molecule has 1 aromatic rings. The molecule has 0 unspecified atom stereocenters. The lowest BCUT2D eigenvalue weighted by Crippen LogP contribution is -2.24. The molecular formula is C12H18ClN3OS. The number of carbonyl (C=O) groups excluding carboxylic acids is 1. The molecule has 0 fully saturated rings. The standard InChI is InChI=1S/C12H18ClN3OS/c1-18-6-4-2-3-5-15-12(17)9-7-10(13)16-11(14)8-9/h7-8H,2-6H2,1H3,(H2,14,16)(H,15,17). The van der Waals surface area contributed by atoms with Gasteiger partial charge < -0.3 is 11.1 Å². The molecule has 1 aromatic heterocycles. The Morgan fingerprint density at radius 2 is 2.22 bits per heavy atom. The van der Waals surface area contributed by atoms with E-state index in [1.54, 1.807) is 0 Å². The van der Waals surface area contributed by atoms with Gasteiger partial charge in [-0.2, -0.15) is 11.8 Å². The molecule has 0 radical (unpaired) electrons. The number of hydrogen-bond acceptors (Lipinski definition) is 4. The van der Waals surface area contributed by atoms with Gasteiger partial charge in [-0.15, -0.1) is 0 Å². The Hall–Kier alpha value is -0.940. The second-order valence-electron chi connectivity index (χ2n) is 3.91. The number of nitrogen functional groups attached to an aromatic ring is 1. The second kappa shape index (κ2) is 8.21. The Balaban J connectivity index is 2.32. The summed E-state index contributed by atoms with van der Waals surface area (Å²) in [6, 6.07) is 3.04. The molecule has 4 nitrogen and oxygen atoms in total. The molecule has 1 amide bonds. The Kier molecular flexibility index (Phi) is 6.90. The van der Waals surface area contributed by atoms with E-state index in [0.717, 1.165) is 12.8 Å². The van der Waals surface area contributed by atoms with E-state index in [1.165, 1.54) is 24.3 Å². The van der Waals surface area contributed by atoms with E-state index in [4.69, 9.17) is 17.3 Å². The number of halogens is 1. The molecule has 18 heavy (non-hydrogen) atoms. The number of nitrogens with zero attached hydrogens (tertiary/aromatic N) is 1. The van der Waals surface area contributed by atoms with Crippen LogP contribution in [0.4, 0.5) is 5.82 Å². The Morgan fingerprint density at radius 3 is 2.89 bits per heavy atom. The zero-order chi connectivity index (χ0) is 13.4. The highest BCUT2D eigenvalue weighted by atomic mass is 35.5. The van der Waals surface area contributed by atoms with Crippen LogP contribution in [0.25, 0.3) is 0 Å². The maximum Gasteiger partial charge on any atom is 0.251 e. The minimum absolute atomic E-state index is 0.157. The first-order valence-corrected chi connectivity index (χ1v) is 7.61. The summed E-state index contributed by atoms with van der Waals surface area (Å²) in [5.41, 5.74) is 5.98. The quantitative estimate of drug-likeness (QED) is 0.597. The van der Waals surface area contributed by atoms with Crippen LogP contribution in [0.15, 0.2) is 12.1 Å². The fourth-order valence-corrected chi connectivity index (χ4v) is 2.21. The Morgan fingerprint density at radius 1 is 1.44 bits per heavy atom. The van der Waals surface area contributed by atoms with Gasteiger partial charge in [0.15, 0.2) is 0 Å². The van der Waals surface area contributed by atoms with Gasteiger partial charge >= 0.3 is 0 Å². The predicted octanol–water partition coefficient (Wildman–Crippen LogP) is 2.58. The molecule has 0 aromatic carbocycles. The minimum Gasteiger partial charge on any atom is -0.384 e. The molecule has 0 saturated heterocycles. The van der Waals surface area contributed by atoms with Crippen molar-refractivity contribution in [3.8, 4) is 0 Å². The van der Waals surface area contributed by atoms with E-state index in [2.05, 4.69) is 16.6 Å². The van der Waals surface area contributed by atoms with Crippen LogP contribution in [0, 0.1) is 0 Å². The third-order valence-corrected chi connectivity index (χ3v) is 3.28. The zero-order valence-electron chi connectivity index (χ0n) is 10.4. The van der Waals surface area contributed by atoms with Crippen LogP contribution in [0.3, 0.4) is 0 Å². The maximum absolute atomic E-state index is 11.8. The summed E-state index contributed by atoms with van der Waals surface area (Å²) in [6.07, 6.45) is 5.39. The number of anilines is 1. The van der Waals surface area contributed by atoms with E-state index >= 15 is 0 Å². The topological polar surface area (TPSA) is 68.0 Å². The normalized spacial score (nSPS) is 10.3. The Bertz CT molecular complexity index is 381. The summed E-state index contributed by atoms with van der Waals surface area (Å²) in [4.78, 5) is 15.6. The molecule has 0 bridgehead atoms. The monoisotopic (exact) mass is 287 g/mol. The average molecular weight is 288 g/mol. The highest BCUT2D eigenvalue weighted by Gasteiger charge is 2.07. The molecule has 0 aliphatic heterocycles. The minimum atomic E-state index is -0.157. The molecule has 0 aliphatic carbocycles. The fraction of sp³-hybridized carbons (Fsp3) is 0.500. The number of nitrogens with one attached hydrogen (secondary N) is 1. The van der Waals surface area contributed by atoms with Crippen molar-refractivity contribution in [1.82, 2.24) is 10.3 Å². The van der Waals surface area contributed by atoms with Crippen LogP contribution in [-0.2, 0) is 0 Å². The SMILES string of the molecule is CSCCCCCNC(=O)c1cc(N)nc(Cl)c1. The molecule has 100 valence electrons. The summed E-state index contributed by atoms with van der Waals surface area (Å²) in [5.74, 6) is 1.27. The van der Waals surface area contributed by atoms with Crippen molar-refractivity contribution in [2.75, 3.05) is 24.3 Å². The van der Waals surface area contributed by atoms with Gasteiger partial charge in [0.2, 0.25) is 0 Å². The van der Waals surface area contributed by atoms with Crippen molar-refractivity contribution < 1.29 is 4.79 Å². The van der Waals surface area contributed by atoms with Gasteiger partial charge in [0.05, 0.1) is 0 Å². The summed E-state index contributed by atoms with van der Waals surface area (Å²) < 4.78 is 0. The fourth-order valence-electron chi connectivity index (χ4n) is 1.50. The lowest BCUT2D eigenvalue weighted by Gasteiger charge is -2.06. The number of unbranched alkanes of at least 4 members (excludes halogenated alkanes) is 2. The van der Waals surface area contributed by atoms with Gasteiger partial charge in [-0.25, -0.2) is 4.98 Å². The largest absolute Gasteiger partial charge is 0.384 e.